The van der Waals surface area contributed by atoms with Crippen molar-refractivity contribution in [2.75, 3.05) is 0 Å². The quantitative estimate of drug-likeness (QED) is 0.861. The number of nitrogens with zero attached hydrogens (tertiary/aromatic N) is 1. The molecule has 1 heterocycles. The first-order chi connectivity index (χ1) is 8.66. The van der Waals surface area contributed by atoms with Crippen molar-refractivity contribution in [3.05, 3.63) is 64.4 Å². The van der Waals surface area contributed by atoms with Crippen LogP contribution in [-0.2, 0) is 13.1 Å². The molecule has 2 rings (SSSR count). The number of hydrogen-bond acceptors (Lipinski definition) is 2. The maximum Gasteiger partial charge on any atom is 0.163 e. The Morgan fingerprint density at radius 3 is 2.67 bits per heavy atom. The Morgan fingerprint density at radius 2 is 1.94 bits per heavy atom. The lowest BCUT2D eigenvalue weighted by Gasteiger charge is -2.06. The molecular weight excluding hydrogens is 258 g/mol. The Morgan fingerprint density at radius 1 is 1.11 bits per heavy atom. The van der Waals surface area contributed by atoms with Crippen LogP contribution in [0.5, 0.6) is 0 Å². The van der Waals surface area contributed by atoms with E-state index in [-0.39, 0.29) is 6.54 Å². The van der Waals surface area contributed by atoms with Gasteiger partial charge >= 0.3 is 0 Å². The van der Waals surface area contributed by atoms with E-state index in [1.807, 2.05) is 6.07 Å². The summed E-state index contributed by atoms with van der Waals surface area (Å²) in [6.07, 6.45) is 1.64. The minimum atomic E-state index is -0.831. The first-order valence-electron chi connectivity index (χ1n) is 5.41. The van der Waals surface area contributed by atoms with Gasteiger partial charge in [-0.1, -0.05) is 29.8 Å². The van der Waals surface area contributed by atoms with Gasteiger partial charge in [-0.05, 0) is 17.7 Å². The van der Waals surface area contributed by atoms with Gasteiger partial charge in [-0.2, -0.15) is 0 Å². The number of aromatic nitrogens is 1. The fraction of sp³-hybridized carbons (Fsp3) is 0.154. The van der Waals surface area contributed by atoms with Crippen LogP contribution in [0.1, 0.15) is 11.1 Å². The SMILES string of the molecule is Fc1cccc(CNCc2ccc(Cl)nc2)c1F. The minimum absolute atomic E-state index is 0.256. The predicted molar refractivity (Wildman–Crippen MR) is 66.1 cm³/mol. The van der Waals surface area contributed by atoms with Crippen molar-refractivity contribution in [1.82, 2.24) is 10.3 Å². The second kappa shape index (κ2) is 5.89. The van der Waals surface area contributed by atoms with Crippen LogP contribution in [0.2, 0.25) is 5.15 Å². The summed E-state index contributed by atoms with van der Waals surface area (Å²) in [5.74, 6) is -1.64. The summed E-state index contributed by atoms with van der Waals surface area (Å²) in [6, 6.07) is 7.64. The van der Waals surface area contributed by atoms with E-state index in [0.29, 0.717) is 17.3 Å². The van der Waals surface area contributed by atoms with E-state index in [1.54, 1.807) is 18.3 Å². The highest BCUT2D eigenvalue weighted by atomic mass is 35.5. The van der Waals surface area contributed by atoms with Crippen molar-refractivity contribution in [2.45, 2.75) is 13.1 Å². The topological polar surface area (TPSA) is 24.9 Å². The molecule has 0 unspecified atom stereocenters. The average Bonchev–Trinajstić information content (AvgIpc) is 2.37. The highest BCUT2D eigenvalue weighted by Gasteiger charge is 2.06. The van der Waals surface area contributed by atoms with E-state index in [9.17, 15) is 8.78 Å². The number of nitrogens with one attached hydrogen (secondary N) is 1. The van der Waals surface area contributed by atoms with Crippen LogP contribution in [0.25, 0.3) is 0 Å². The highest BCUT2D eigenvalue weighted by molar-refractivity contribution is 6.29. The van der Waals surface area contributed by atoms with E-state index < -0.39 is 11.6 Å². The summed E-state index contributed by atoms with van der Waals surface area (Å²) < 4.78 is 26.3. The Bertz CT molecular complexity index is 529. The predicted octanol–water partition coefficient (Wildman–Crippen LogP) is 3.30. The molecule has 0 spiro atoms. The Kier molecular flexibility index (Phi) is 4.23. The van der Waals surface area contributed by atoms with Gasteiger partial charge in [-0.3, -0.25) is 0 Å². The molecular formula is C13H11ClF2N2. The molecule has 0 fully saturated rings. The second-order valence-corrected chi connectivity index (χ2v) is 4.19. The number of benzene rings is 1. The van der Waals surface area contributed by atoms with Crippen molar-refractivity contribution < 1.29 is 8.78 Å². The molecule has 0 aliphatic rings. The van der Waals surface area contributed by atoms with Crippen molar-refractivity contribution in [3.63, 3.8) is 0 Å². The van der Waals surface area contributed by atoms with Gasteiger partial charge in [-0.25, -0.2) is 13.8 Å². The maximum absolute atomic E-state index is 13.3. The zero-order chi connectivity index (χ0) is 13.0. The standard InChI is InChI=1S/C13H11ClF2N2/c14-12-5-4-9(7-18-12)6-17-8-10-2-1-3-11(15)13(10)16/h1-5,7,17H,6,8H2. The fourth-order valence-corrected chi connectivity index (χ4v) is 1.65. The summed E-state index contributed by atoms with van der Waals surface area (Å²) in [5, 5.41) is 3.44. The van der Waals surface area contributed by atoms with Gasteiger partial charge in [-0.15, -0.1) is 0 Å². The molecule has 0 saturated carbocycles. The van der Waals surface area contributed by atoms with Crippen molar-refractivity contribution in [2.24, 2.45) is 0 Å². The van der Waals surface area contributed by atoms with Crippen molar-refractivity contribution >= 4 is 11.6 Å². The van der Waals surface area contributed by atoms with Crippen LogP contribution in [-0.4, -0.2) is 4.98 Å². The summed E-state index contributed by atoms with van der Waals surface area (Å²) in [6.45, 7) is 0.770. The Balaban J connectivity index is 1.92. The number of hydrogen-bond donors (Lipinski definition) is 1. The van der Waals surface area contributed by atoms with Gasteiger partial charge in [0.15, 0.2) is 11.6 Å². The molecule has 94 valence electrons. The lowest BCUT2D eigenvalue weighted by atomic mass is 10.2. The summed E-state index contributed by atoms with van der Waals surface area (Å²) >= 11 is 5.66. The van der Waals surface area contributed by atoms with Crippen LogP contribution in [0.4, 0.5) is 8.78 Å². The van der Waals surface area contributed by atoms with Gasteiger partial charge in [0.1, 0.15) is 5.15 Å². The largest absolute Gasteiger partial charge is 0.308 e. The third-order valence-corrected chi connectivity index (χ3v) is 2.69. The molecule has 1 N–H and O–H groups in total. The van der Waals surface area contributed by atoms with Crippen LogP contribution < -0.4 is 5.32 Å². The lowest BCUT2D eigenvalue weighted by Crippen LogP contribution is -2.14. The molecule has 2 nitrogen and oxygen atoms in total. The zero-order valence-electron chi connectivity index (χ0n) is 9.46. The zero-order valence-corrected chi connectivity index (χ0v) is 10.2. The first kappa shape index (κ1) is 12.9. The number of halogens is 3. The van der Waals surface area contributed by atoms with E-state index in [1.165, 1.54) is 6.07 Å². The molecule has 0 radical (unpaired) electrons. The molecule has 0 aliphatic heterocycles. The molecule has 2 aromatic rings. The smallest absolute Gasteiger partial charge is 0.163 e. The first-order valence-corrected chi connectivity index (χ1v) is 5.78. The minimum Gasteiger partial charge on any atom is -0.308 e. The second-order valence-electron chi connectivity index (χ2n) is 3.81. The van der Waals surface area contributed by atoms with Gasteiger partial charge in [0.2, 0.25) is 0 Å². The van der Waals surface area contributed by atoms with Crippen molar-refractivity contribution in [3.8, 4) is 0 Å². The molecule has 5 heteroatoms. The van der Waals surface area contributed by atoms with E-state index in [4.69, 9.17) is 11.6 Å². The van der Waals surface area contributed by atoms with Crippen LogP contribution in [0.15, 0.2) is 36.5 Å². The summed E-state index contributed by atoms with van der Waals surface area (Å²) in [7, 11) is 0. The van der Waals surface area contributed by atoms with Gasteiger partial charge < -0.3 is 5.32 Å². The highest BCUT2D eigenvalue weighted by Crippen LogP contribution is 2.11. The van der Waals surface area contributed by atoms with Gasteiger partial charge in [0, 0.05) is 24.8 Å². The van der Waals surface area contributed by atoms with E-state index in [2.05, 4.69) is 10.3 Å². The van der Waals surface area contributed by atoms with E-state index in [0.717, 1.165) is 11.6 Å². The molecule has 0 aliphatic carbocycles. The number of rotatable bonds is 4. The molecule has 0 amide bonds. The lowest BCUT2D eigenvalue weighted by molar-refractivity contribution is 0.492. The number of pyridine rings is 1. The molecule has 0 bridgehead atoms. The third kappa shape index (κ3) is 3.24. The third-order valence-electron chi connectivity index (χ3n) is 2.46. The summed E-state index contributed by atoms with van der Waals surface area (Å²) in [4.78, 5) is 3.93. The molecule has 0 atom stereocenters. The Labute approximate surface area is 109 Å². The van der Waals surface area contributed by atoms with Crippen LogP contribution in [0, 0.1) is 11.6 Å². The monoisotopic (exact) mass is 268 g/mol. The summed E-state index contributed by atoms with van der Waals surface area (Å²) in [5.41, 5.74) is 1.23. The maximum atomic E-state index is 13.3. The van der Waals surface area contributed by atoms with E-state index >= 15 is 0 Å². The van der Waals surface area contributed by atoms with Crippen molar-refractivity contribution in [1.29, 1.82) is 0 Å². The van der Waals surface area contributed by atoms with Gasteiger partial charge in [0.25, 0.3) is 0 Å². The Hall–Kier alpha value is -1.52. The normalized spacial score (nSPS) is 10.6. The molecule has 1 aromatic carbocycles. The van der Waals surface area contributed by atoms with Crippen LogP contribution in [0.3, 0.4) is 0 Å². The average molecular weight is 269 g/mol. The molecule has 1 aromatic heterocycles. The molecule has 0 saturated heterocycles. The van der Waals surface area contributed by atoms with Gasteiger partial charge in [0.05, 0.1) is 0 Å². The fourth-order valence-electron chi connectivity index (χ4n) is 1.54. The molecule has 18 heavy (non-hydrogen) atoms. The van der Waals surface area contributed by atoms with Crippen LogP contribution >= 0.6 is 11.6 Å².